The Morgan fingerprint density at radius 1 is 1.33 bits per heavy atom. The first-order valence-electron chi connectivity index (χ1n) is 7.75. The van der Waals surface area contributed by atoms with Crippen LogP contribution in [0, 0.1) is 5.92 Å². The highest BCUT2D eigenvalue weighted by Gasteiger charge is 2.26. The van der Waals surface area contributed by atoms with Crippen LogP contribution in [-0.4, -0.2) is 44.2 Å². The fraction of sp³-hybridized carbons (Fsp3) is 0.588. The summed E-state index contributed by atoms with van der Waals surface area (Å²) in [5.74, 6) is 0.903. The maximum absolute atomic E-state index is 11.8. The topological polar surface area (TPSA) is 38.8 Å². The second kappa shape index (κ2) is 8.03. The third-order valence-electron chi connectivity index (χ3n) is 4.00. The van der Waals surface area contributed by atoms with E-state index in [9.17, 15) is 4.79 Å². The number of ether oxygens (including phenoxy) is 2. The molecule has 1 atom stereocenters. The van der Waals surface area contributed by atoms with Gasteiger partial charge in [0.25, 0.3) is 0 Å². The summed E-state index contributed by atoms with van der Waals surface area (Å²) >= 11 is 0. The van der Waals surface area contributed by atoms with Gasteiger partial charge in [-0.05, 0) is 50.4 Å². The molecule has 0 aliphatic carbocycles. The number of rotatable bonds is 6. The molecule has 2 rings (SSSR count). The number of piperidine rings is 1. The monoisotopic (exact) mass is 291 g/mol. The normalized spacial score (nSPS) is 19.2. The first kappa shape index (κ1) is 15.8. The van der Waals surface area contributed by atoms with Crippen LogP contribution in [0.4, 0.5) is 0 Å². The van der Waals surface area contributed by atoms with Crippen molar-refractivity contribution < 1.29 is 14.3 Å². The molecule has 0 spiro atoms. The van der Waals surface area contributed by atoms with Crippen molar-refractivity contribution in [1.29, 1.82) is 0 Å². The van der Waals surface area contributed by atoms with Gasteiger partial charge in [-0.25, -0.2) is 0 Å². The van der Waals surface area contributed by atoms with Crippen LogP contribution in [0.3, 0.4) is 0 Å². The van der Waals surface area contributed by atoms with Crippen molar-refractivity contribution >= 4 is 5.97 Å². The molecule has 4 heteroatoms. The molecule has 21 heavy (non-hydrogen) atoms. The average Bonchev–Trinajstić information content (AvgIpc) is 2.54. The van der Waals surface area contributed by atoms with E-state index in [4.69, 9.17) is 9.47 Å². The van der Waals surface area contributed by atoms with Crippen LogP contribution in [-0.2, 0) is 16.0 Å². The van der Waals surface area contributed by atoms with Crippen molar-refractivity contribution in [3.05, 3.63) is 29.8 Å². The van der Waals surface area contributed by atoms with Gasteiger partial charge in [0.05, 0.1) is 19.6 Å². The molecule has 0 saturated carbocycles. The van der Waals surface area contributed by atoms with Crippen LogP contribution >= 0.6 is 0 Å². The lowest BCUT2D eigenvalue weighted by Crippen LogP contribution is -2.40. The van der Waals surface area contributed by atoms with E-state index in [-0.39, 0.29) is 11.9 Å². The highest BCUT2D eigenvalue weighted by atomic mass is 16.5. The first-order valence-corrected chi connectivity index (χ1v) is 7.75. The predicted octanol–water partition coefficient (Wildman–Crippen LogP) is 2.51. The summed E-state index contributed by atoms with van der Waals surface area (Å²) in [6.45, 7) is 5.23. The molecule has 1 aromatic rings. The maximum Gasteiger partial charge on any atom is 0.310 e. The molecule has 4 nitrogen and oxygen atoms in total. The summed E-state index contributed by atoms with van der Waals surface area (Å²) < 4.78 is 10.3. The Hall–Kier alpha value is -1.55. The molecule has 1 aliphatic heterocycles. The lowest BCUT2D eigenvalue weighted by Gasteiger charge is -2.31. The Morgan fingerprint density at radius 2 is 2.10 bits per heavy atom. The van der Waals surface area contributed by atoms with Crippen molar-refractivity contribution in [3.63, 3.8) is 0 Å². The average molecular weight is 291 g/mol. The van der Waals surface area contributed by atoms with Crippen molar-refractivity contribution in [3.8, 4) is 5.75 Å². The van der Waals surface area contributed by atoms with Gasteiger partial charge in [0.1, 0.15) is 5.75 Å². The third-order valence-corrected chi connectivity index (χ3v) is 4.00. The Bertz CT molecular complexity index is 444. The van der Waals surface area contributed by atoms with Gasteiger partial charge in [-0.1, -0.05) is 12.1 Å². The van der Waals surface area contributed by atoms with Crippen LogP contribution < -0.4 is 4.74 Å². The third kappa shape index (κ3) is 4.74. The molecule has 0 aromatic heterocycles. The number of nitrogens with zero attached hydrogens (tertiary/aromatic N) is 1. The lowest BCUT2D eigenvalue weighted by molar-refractivity contribution is -0.149. The predicted molar refractivity (Wildman–Crippen MR) is 82.5 cm³/mol. The van der Waals surface area contributed by atoms with E-state index in [0.717, 1.165) is 44.6 Å². The molecule has 1 saturated heterocycles. The van der Waals surface area contributed by atoms with Crippen LogP contribution in [0.5, 0.6) is 5.75 Å². The molecule has 1 fully saturated rings. The Kier molecular flexibility index (Phi) is 6.05. The molecule has 0 bridgehead atoms. The number of benzene rings is 1. The van der Waals surface area contributed by atoms with E-state index in [2.05, 4.69) is 17.0 Å². The molecule has 1 heterocycles. The quantitative estimate of drug-likeness (QED) is 0.755. The van der Waals surface area contributed by atoms with E-state index >= 15 is 0 Å². The minimum Gasteiger partial charge on any atom is -0.497 e. The van der Waals surface area contributed by atoms with Crippen molar-refractivity contribution in [2.45, 2.75) is 26.2 Å². The minimum absolute atomic E-state index is 0.0355. The smallest absolute Gasteiger partial charge is 0.310 e. The first-order chi connectivity index (χ1) is 10.2. The summed E-state index contributed by atoms with van der Waals surface area (Å²) in [7, 11) is 1.68. The zero-order valence-electron chi connectivity index (χ0n) is 13.0. The number of carbonyl (C=O) groups excluding carboxylic acids is 1. The Labute approximate surface area is 127 Å². The summed E-state index contributed by atoms with van der Waals surface area (Å²) in [6.07, 6.45) is 3.03. The van der Waals surface area contributed by atoms with Gasteiger partial charge in [0.2, 0.25) is 0 Å². The van der Waals surface area contributed by atoms with Crippen LogP contribution in [0.2, 0.25) is 0 Å². The molecular weight excluding hydrogens is 266 g/mol. The van der Waals surface area contributed by atoms with Gasteiger partial charge in [-0.3, -0.25) is 4.79 Å². The van der Waals surface area contributed by atoms with Crippen LogP contribution in [0.1, 0.15) is 25.3 Å². The summed E-state index contributed by atoms with van der Waals surface area (Å²) in [5.41, 5.74) is 1.30. The highest BCUT2D eigenvalue weighted by Crippen LogP contribution is 2.19. The van der Waals surface area contributed by atoms with Gasteiger partial charge >= 0.3 is 5.97 Å². The summed E-state index contributed by atoms with van der Waals surface area (Å²) in [5, 5.41) is 0. The number of likely N-dealkylation sites (tertiary alicyclic amines) is 1. The number of hydrogen-bond donors (Lipinski definition) is 0. The summed E-state index contributed by atoms with van der Waals surface area (Å²) in [4.78, 5) is 14.2. The molecule has 0 amide bonds. The van der Waals surface area contributed by atoms with Gasteiger partial charge in [-0.15, -0.1) is 0 Å². The van der Waals surface area contributed by atoms with E-state index in [1.54, 1.807) is 7.11 Å². The minimum atomic E-state index is -0.0355. The summed E-state index contributed by atoms with van der Waals surface area (Å²) in [6, 6.07) is 8.19. The van der Waals surface area contributed by atoms with E-state index in [1.165, 1.54) is 5.56 Å². The van der Waals surface area contributed by atoms with Gasteiger partial charge in [0.15, 0.2) is 0 Å². The van der Waals surface area contributed by atoms with Gasteiger partial charge in [-0.2, -0.15) is 0 Å². The number of carbonyl (C=O) groups is 1. The Morgan fingerprint density at radius 3 is 2.76 bits per heavy atom. The van der Waals surface area contributed by atoms with E-state index in [0.29, 0.717) is 6.61 Å². The molecule has 1 aliphatic rings. The van der Waals surface area contributed by atoms with Gasteiger partial charge in [0, 0.05) is 13.1 Å². The molecular formula is C17H25NO3. The fourth-order valence-electron chi connectivity index (χ4n) is 2.79. The number of hydrogen-bond acceptors (Lipinski definition) is 4. The maximum atomic E-state index is 11.8. The second-order valence-corrected chi connectivity index (χ2v) is 5.49. The molecule has 0 N–H and O–H groups in total. The van der Waals surface area contributed by atoms with Crippen LogP contribution in [0.15, 0.2) is 24.3 Å². The standard InChI is InChI=1S/C17H25NO3/c1-3-21-17(19)15-5-4-11-18(13-15)12-10-14-6-8-16(20-2)9-7-14/h6-9,15H,3-5,10-13H2,1-2H3. The second-order valence-electron chi connectivity index (χ2n) is 5.49. The van der Waals surface area contributed by atoms with Gasteiger partial charge < -0.3 is 14.4 Å². The number of methoxy groups -OCH3 is 1. The molecule has 0 radical (unpaired) electrons. The fourth-order valence-corrected chi connectivity index (χ4v) is 2.79. The van der Waals surface area contributed by atoms with Crippen molar-refractivity contribution in [2.24, 2.45) is 5.92 Å². The zero-order valence-corrected chi connectivity index (χ0v) is 13.0. The molecule has 1 aromatic carbocycles. The lowest BCUT2D eigenvalue weighted by atomic mass is 9.98. The SMILES string of the molecule is CCOC(=O)C1CCCN(CCc2ccc(OC)cc2)C1. The Balaban J connectivity index is 1.80. The van der Waals surface area contributed by atoms with Crippen molar-refractivity contribution in [2.75, 3.05) is 33.4 Å². The zero-order chi connectivity index (χ0) is 15.1. The van der Waals surface area contributed by atoms with Crippen molar-refractivity contribution in [1.82, 2.24) is 4.90 Å². The van der Waals surface area contributed by atoms with E-state index < -0.39 is 0 Å². The van der Waals surface area contributed by atoms with E-state index in [1.807, 2.05) is 19.1 Å². The highest BCUT2D eigenvalue weighted by molar-refractivity contribution is 5.72. The number of esters is 1. The van der Waals surface area contributed by atoms with Crippen LogP contribution in [0.25, 0.3) is 0 Å². The molecule has 116 valence electrons. The molecule has 1 unspecified atom stereocenters. The largest absolute Gasteiger partial charge is 0.497 e.